The van der Waals surface area contributed by atoms with Gasteiger partial charge in [-0.15, -0.1) is 0 Å². The molecule has 0 heterocycles. The number of carbonyl (C=O) groups excluding carboxylic acids is 1. The fourth-order valence-electron chi connectivity index (χ4n) is 3.49. The summed E-state index contributed by atoms with van der Waals surface area (Å²) in [7, 11) is 0. The molecule has 4 aromatic carbocycles. The first-order chi connectivity index (χ1) is 16.0. The molecule has 0 fully saturated rings. The number of rotatable bonds is 6. The summed E-state index contributed by atoms with van der Waals surface area (Å²) in [4.78, 5) is 12.5. The van der Waals surface area contributed by atoms with Crippen LogP contribution in [0.3, 0.4) is 0 Å². The third kappa shape index (κ3) is 5.47. The summed E-state index contributed by atoms with van der Waals surface area (Å²) < 4.78 is 5.91. The number of carbonyl (C=O) groups is 1. The molecule has 0 aliphatic carbocycles. The minimum atomic E-state index is -0.433. The first-order valence-corrected chi connectivity index (χ1v) is 10.7. The van der Waals surface area contributed by atoms with E-state index in [1.165, 1.54) is 10.8 Å². The quantitative estimate of drug-likeness (QED) is 0.276. The predicted octanol–water partition coefficient (Wildman–Crippen LogP) is 6.58. The Hall–Kier alpha value is -4.36. The van der Waals surface area contributed by atoms with Gasteiger partial charge in [0.2, 0.25) is 0 Å². The van der Waals surface area contributed by atoms with E-state index in [0.717, 1.165) is 28.0 Å². The van der Waals surface area contributed by atoms with Gasteiger partial charge in [0.15, 0.2) is 0 Å². The minimum absolute atomic E-state index is 0.0399. The van der Waals surface area contributed by atoms with Crippen molar-refractivity contribution in [3.63, 3.8) is 0 Å². The predicted molar refractivity (Wildman–Crippen MR) is 133 cm³/mol. The van der Waals surface area contributed by atoms with Crippen LogP contribution in [-0.2, 0) is 11.4 Å². The zero-order chi connectivity index (χ0) is 23.2. The molecule has 0 saturated heterocycles. The molecule has 4 heteroatoms. The first-order valence-electron chi connectivity index (χ1n) is 10.7. The number of benzene rings is 4. The van der Waals surface area contributed by atoms with E-state index in [1.807, 2.05) is 74.5 Å². The third-order valence-electron chi connectivity index (χ3n) is 5.54. The van der Waals surface area contributed by atoms with Gasteiger partial charge in [-0.3, -0.25) is 4.79 Å². The molecule has 0 saturated carbocycles. The average Bonchev–Trinajstić information content (AvgIpc) is 2.84. The van der Waals surface area contributed by atoms with Gasteiger partial charge in [-0.2, -0.15) is 5.26 Å². The summed E-state index contributed by atoms with van der Waals surface area (Å²) in [6.07, 6.45) is 1.57. The Morgan fingerprint density at radius 2 is 1.67 bits per heavy atom. The van der Waals surface area contributed by atoms with Crippen LogP contribution in [0.15, 0.2) is 90.5 Å². The van der Waals surface area contributed by atoms with Gasteiger partial charge in [0.25, 0.3) is 5.91 Å². The topological polar surface area (TPSA) is 62.1 Å². The molecular weight excluding hydrogens is 408 g/mol. The normalized spacial score (nSPS) is 11.1. The molecule has 0 bridgehead atoms. The van der Waals surface area contributed by atoms with Crippen molar-refractivity contribution in [2.24, 2.45) is 0 Å². The highest BCUT2D eigenvalue weighted by molar-refractivity contribution is 6.09. The number of fused-ring (bicyclic) bond motifs is 1. The molecule has 0 aliphatic rings. The highest BCUT2D eigenvalue weighted by atomic mass is 16.5. The van der Waals surface area contributed by atoms with Gasteiger partial charge >= 0.3 is 0 Å². The molecule has 0 aromatic heterocycles. The second-order valence-electron chi connectivity index (χ2n) is 7.96. The van der Waals surface area contributed by atoms with E-state index >= 15 is 0 Å². The van der Waals surface area contributed by atoms with Crippen molar-refractivity contribution in [1.82, 2.24) is 0 Å². The van der Waals surface area contributed by atoms with E-state index in [2.05, 4.69) is 35.6 Å². The number of nitriles is 1. The van der Waals surface area contributed by atoms with Crippen molar-refractivity contribution in [3.8, 4) is 11.8 Å². The molecule has 0 atom stereocenters. The smallest absolute Gasteiger partial charge is 0.266 e. The Morgan fingerprint density at radius 3 is 2.39 bits per heavy atom. The number of hydrogen-bond donors (Lipinski definition) is 1. The Bertz CT molecular complexity index is 1380. The molecule has 0 radical (unpaired) electrons. The second-order valence-corrected chi connectivity index (χ2v) is 7.96. The van der Waals surface area contributed by atoms with E-state index in [1.54, 1.807) is 6.08 Å². The van der Waals surface area contributed by atoms with Crippen molar-refractivity contribution in [2.75, 3.05) is 5.32 Å². The van der Waals surface area contributed by atoms with Gasteiger partial charge in [-0.25, -0.2) is 0 Å². The van der Waals surface area contributed by atoms with Gasteiger partial charge in [0.05, 0.1) is 0 Å². The number of nitrogens with zero attached hydrogens (tertiary/aromatic N) is 1. The van der Waals surface area contributed by atoms with Crippen molar-refractivity contribution in [2.45, 2.75) is 20.5 Å². The van der Waals surface area contributed by atoms with Crippen molar-refractivity contribution in [3.05, 3.63) is 113 Å². The Balaban J connectivity index is 1.40. The van der Waals surface area contributed by atoms with Crippen LogP contribution in [0.2, 0.25) is 0 Å². The zero-order valence-corrected chi connectivity index (χ0v) is 18.6. The lowest BCUT2D eigenvalue weighted by Gasteiger charge is -2.08. The number of amides is 1. The van der Waals surface area contributed by atoms with Crippen LogP contribution in [-0.4, -0.2) is 5.91 Å². The molecule has 4 aromatic rings. The molecule has 0 spiro atoms. The Morgan fingerprint density at radius 1 is 0.909 bits per heavy atom. The highest BCUT2D eigenvalue weighted by Crippen LogP contribution is 2.20. The Kier molecular flexibility index (Phi) is 6.52. The summed E-state index contributed by atoms with van der Waals surface area (Å²) in [5.41, 5.74) is 4.77. The lowest BCUT2D eigenvalue weighted by molar-refractivity contribution is -0.112. The van der Waals surface area contributed by atoms with E-state index in [-0.39, 0.29) is 5.57 Å². The molecule has 0 aliphatic heterocycles. The van der Waals surface area contributed by atoms with Crippen LogP contribution < -0.4 is 10.1 Å². The maximum absolute atomic E-state index is 12.5. The lowest BCUT2D eigenvalue weighted by atomic mass is 10.1. The number of aryl methyl sites for hydroxylation is 2. The van der Waals surface area contributed by atoms with Crippen LogP contribution >= 0.6 is 0 Å². The van der Waals surface area contributed by atoms with Crippen LogP contribution in [0, 0.1) is 25.2 Å². The lowest BCUT2D eigenvalue weighted by Crippen LogP contribution is -2.13. The van der Waals surface area contributed by atoms with Gasteiger partial charge in [0.1, 0.15) is 24.0 Å². The summed E-state index contributed by atoms with van der Waals surface area (Å²) in [6.45, 7) is 4.45. The SMILES string of the molecule is Cc1ccc(NC(=O)/C(C#N)=C/c2ccc(OCc3ccc4ccccc4c3)cc2)cc1C. The molecular formula is C29H24N2O2. The van der Waals surface area contributed by atoms with Crippen molar-refractivity contribution >= 4 is 28.4 Å². The maximum Gasteiger partial charge on any atom is 0.266 e. The summed E-state index contributed by atoms with van der Waals surface area (Å²) in [5.74, 6) is 0.288. The first kappa shape index (κ1) is 21.9. The van der Waals surface area contributed by atoms with Gasteiger partial charge in [-0.05, 0) is 83.3 Å². The molecule has 1 amide bonds. The van der Waals surface area contributed by atoms with Crippen molar-refractivity contribution < 1.29 is 9.53 Å². The number of nitrogens with one attached hydrogen (secondary N) is 1. The summed E-state index contributed by atoms with van der Waals surface area (Å²) in [6, 6.07) is 29.5. The minimum Gasteiger partial charge on any atom is -0.489 e. The van der Waals surface area contributed by atoms with Gasteiger partial charge in [0, 0.05) is 5.69 Å². The average molecular weight is 433 g/mol. The number of ether oxygens (including phenoxy) is 1. The van der Waals surface area contributed by atoms with Gasteiger partial charge < -0.3 is 10.1 Å². The van der Waals surface area contributed by atoms with E-state index in [0.29, 0.717) is 12.3 Å². The van der Waals surface area contributed by atoms with E-state index in [4.69, 9.17) is 4.74 Å². The number of anilines is 1. The van der Waals surface area contributed by atoms with Crippen LogP contribution in [0.4, 0.5) is 5.69 Å². The molecule has 33 heavy (non-hydrogen) atoms. The van der Waals surface area contributed by atoms with Crippen LogP contribution in [0.1, 0.15) is 22.3 Å². The van der Waals surface area contributed by atoms with Crippen LogP contribution in [0.25, 0.3) is 16.8 Å². The molecule has 4 rings (SSSR count). The molecule has 1 N–H and O–H groups in total. The van der Waals surface area contributed by atoms with E-state index < -0.39 is 5.91 Å². The highest BCUT2D eigenvalue weighted by Gasteiger charge is 2.10. The summed E-state index contributed by atoms with van der Waals surface area (Å²) >= 11 is 0. The molecule has 4 nitrogen and oxygen atoms in total. The molecule has 162 valence electrons. The monoisotopic (exact) mass is 432 g/mol. The largest absolute Gasteiger partial charge is 0.489 e. The fraction of sp³-hybridized carbons (Fsp3) is 0.103. The van der Waals surface area contributed by atoms with Gasteiger partial charge in [-0.1, -0.05) is 54.6 Å². The third-order valence-corrected chi connectivity index (χ3v) is 5.54. The van der Waals surface area contributed by atoms with Crippen molar-refractivity contribution in [1.29, 1.82) is 5.26 Å². The standard InChI is InChI=1S/C29H24N2O2/c1-20-7-12-27(15-21(20)2)31-29(32)26(18-30)16-22-9-13-28(14-10-22)33-19-23-8-11-24-5-3-4-6-25(24)17-23/h3-17H,19H2,1-2H3,(H,31,32)/b26-16+. The second kappa shape index (κ2) is 9.84. The number of hydrogen-bond acceptors (Lipinski definition) is 3. The fourth-order valence-corrected chi connectivity index (χ4v) is 3.49. The molecule has 0 unspecified atom stereocenters. The van der Waals surface area contributed by atoms with E-state index in [9.17, 15) is 10.1 Å². The maximum atomic E-state index is 12.5. The summed E-state index contributed by atoms with van der Waals surface area (Å²) in [5, 5.41) is 14.6. The van der Waals surface area contributed by atoms with Crippen LogP contribution in [0.5, 0.6) is 5.75 Å². The Labute approximate surface area is 193 Å². The zero-order valence-electron chi connectivity index (χ0n) is 18.6.